The lowest BCUT2D eigenvalue weighted by molar-refractivity contribution is 1.09. The van der Waals surface area contributed by atoms with Crippen LogP contribution in [0.3, 0.4) is 0 Å². The summed E-state index contributed by atoms with van der Waals surface area (Å²) in [6.45, 7) is 1.97. The normalized spacial score (nSPS) is 10.4. The number of aromatic nitrogens is 2. The molecule has 0 bridgehead atoms. The quantitative estimate of drug-likeness (QED) is 0.830. The molecule has 0 fully saturated rings. The number of hydrogen-bond acceptors (Lipinski definition) is 3. The average molecular weight is 360 g/mol. The summed E-state index contributed by atoms with van der Waals surface area (Å²) in [4.78, 5) is 8.95. The summed E-state index contributed by atoms with van der Waals surface area (Å²) in [5.74, 6) is 1.53. The number of halogens is 2. The van der Waals surface area contributed by atoms with Gasteiger partial charge in [0, 0.05) is 17.6 Å². The fourth-order valence-electron chi connectivity index (χ4n) is 1.48. The van der Waals surface area contributed by atoms with Crippen molar-refractivity contribution in [3.63, 3.8) is 0 Å². The maximum atomic E-state index is 5.97. The minimum atomic E-state index is 0.688. The summed E-state index contributed by atoms with van der Waals surface area (Å²) in [6.07, 6.45) is 0. The molecular formula is C12H11ClIN3. The summed E-state index contributed by atoms with van der Waals surface area (Å²) in [5, 5.41) is 3.76. The van der Waals surface area contributed by atoms with E-state index in [1.54, 1.807) is 0 Å². The minimum absolute atomic E-state index is 0.688. The van der Waals surface area contributed by atoms with Crippen molar-refractivity contribution in [1.82, 2.24) is 9.97 Å². The topological polar surface area (TPSA) is 37.8 Å². The van der Waals surface area contributed by atoms with Crippen LogP contribution in [0.4, 0.5) is 5.82 Å². The Morgan fingerprint density at radius 1 is 1.29 bits per heavy atom. The van der Waals surface area contributed by atoms with Crippen LogP contribution < -0.4 is 5.32 Å². The number of hydrogen-bond donors (Lipinski definition) is 1. The Morgan fingerprint density at radius 3 is 2.71 bits per heavy atom. The second kappa shape index (κ2) is 5.18. The number of aryl methyl sites for hydroxylation is 1. The maximum absolute atomic E-state index is 5.97. The molecule has 0 unspecified atom stereocenters. The Labute approximate surface area is 119 Å². The molecule has 0 radical (unpaired) electrons. The van der Waals surface area contributed by atoms with Crippen molar-refractivity contribution in [2.24, 2.45) is 0 Å². The van der Waals surface area contributed by atoms with E-state index in [-0.39, 0.29) is 0 Å². The number of nitrogens with one attached hydrogen (secondary N) is 1. The highest BCUT2D eigenvalue weighted by Crippen LogP contribution is 2.24. The molecule has 0 aliphatic rings. The van der Waals surface area contributed by atoms with E-state index < -0.39 is 0 Å². The van der Waals surface area contributed by atoms with Crippen LogP contribution in [0.2, 0.25) is 5.02 Å². The molecule has 0 spiro atoms. The molecule has 1 heterocycles. The smallest absolute Gasteiger partial charge is 0.161 e. The molecule has 0 aliphatic carbocycles. The van der Waals surface area contributed by atoms with E-state index in [0.717, 1.165) is 20.6 Å². The van der Waals surface area contributed by atoms with Gasteiger partial charge in [0.25, 0.3) is 0 Å². The van der Waals surface area contributed by atoms with E-state index in [1.165, 1.54) is 0 Å². The monoisotopic (exact) mass is 359 g/mol. The molecule has 5 heteroatoms. The van der Waals surface area contributed by atoms with Gasteiger partial charge in [-0.3, -0.25) is 0 Å². The second-order valence-electron chi connectivity index (χ2n) is 3.56. The Balaban J connectivity index is 2.56. The first-order valence-electron chi connectivity index (χ1n) is 5.09. The van der Waals surface area contributed by atoms with Gasteiger partial charge in [0.15, 0.2) is 5.82 Å². The van der Waals surface area contributed by atoms with E-state index in [9.17, 15) is 0 Å². The van der Waals surface area contributed by atoms with Crippen LogP contribution in [0, 0.1) is 10.5 Å². The minimum Gasteiger partial charge on any atom is -0.372 e. The molecule has 0 saturated carbocycles. The molecule has 2 aromatic rings. The van der Waals surface area contributed by atoms with Gasteiger partial charge in [0.05, 0.1) is 9.26 Å². The first-order valence-corrected chi connectivity index (χ1v) is 6.55. The van der Waals surface area contributed by atoms with Gasteiger partial charge in [-0.05, 0) is 41.6 Å². The predicted octanol–water partition coefficient (Wildman–Crippen LogP) is 3.75. The SMILES string of the molecule is CNc1nc(-c2cccc(Cl)c2)nc(C)c1I. The van der Waals surface area contributed by atoms with Crippen molar-refractivity contribution in [2.45, 2.75) is 6.92 Å². The molecule has 88 valence electrons. The van der Waals surface area contributed by atoms with E-state index in [1.807, 2.05) is 38.2 Å². The molecule has 2 rings (SSSR count). The third-order valence-electron chi connectivity index (χ3n) is 2.34. The van der Waals surface area contributed by atoms with Crippen LogP contribution in [0.25, 0.3) is 11.4 Å². The third kappa shape index (κ3) is 2.69. The standard InChI is InChI=1S/C12H11ClIN3/c1-7-10(14)12(15-2)17-11(16-7)8-4-3-5-9(13)6-8/h3-6H,1-2H3,(H,15,16,17). The fourth-order valence-corrected chi connectivity index (χ4v) is 2.18. The van der Waals surface area contributed by atoms with Gasteiger partial charge in [-0.15, -0.1) is 0 Å². The first kappa shape index (κ1) is 12.6. The molecule has 0 saturated heterocycles. The number of benzene rings is 1. The lowest BCUT2D eigenvalue weighted by Crippen LogP contribution is -2.02. The Bertz CT molecular complexity index is 557. The molecule has 0 atom stereocenters. The van der Waals surface area contributed by atoms with Gasteiger partial charge in [-0.1, -0.05) is 23.7 Å². The third-order valence-corrected chi connectivity index (χ3v) is 3.86. The van der Waals surface area contributed by atoms with Crippen LogP contribution >= 0.6 is 34.2 Å². The lowest BCUT2D eigenvalue weighted by Gasteiger charge is -2.08. The van der Waals surface area contributed by atoms with Crippen molar-refractivity contribution in [2.75, 3.05) is 12.4 Å². The molecule has 1 aromatic heterocycles. The highest BCUT2D eigenvalue weighted by molar-refractivity contribution is 14.1. The molecule has 1 aromatic carbocycles. The van der Waals surface area contributed by atoms with Crippen molar-refractivity contribution in [1.29, 1.82) is 0 Å². The zero-order chi connectivity index (χ0) is 12.4. The Hall–Kier alpha value is -0.880. The Kier molecular flexibility index (Phi) is 3.83. The molecule has 0 aliphatic heterocycles. The summed E-state index contributed by atoms with van der Waals surface area (Å²) < 4.78 is 1.04. The average Bonchev–Trinajstić information content (AvgIpc) is 2.32. The highest BCUT2D eigenvalue weighted by atomic mass is 127. The van der Waals surface area contributed by atoms with Crippen LogP contribution in [0.15, 0.2) is 24.3 Å². The van der Waals surface area contributed by atoms with E-state index >= 15 is 0 Å². The van der Waals surface area contributed by atoms with Crippen molar-refractivity contribution in [3.8, 4) is 11.4 Å². The number of rotatable bonds is 2. The summed E-state index contributed by atoms with van der Waals surface area (Å²) in [6, 6.07) is 7.55. The number of nitrogens with zero attached hydrogens (tertiary/aromatic N) is 2. The predicted molar refractivity (Wildman–Crippen MR) is 79.5 cm³/mol. The molecule has 17 heavy (non-hydrogen) atoms. The Morgan fingerprint density at radius 2 is 2.06 bits per heavy atom. The maximum Gasteiger partial charge on any atom is 0.161 e. The van der Waals surface area contributed by atoms with Crippen LogP contribution in [0.5, 0.6) is 0 Å². The first-order chi connectivity index (χ1) is 8.11. The van der Waals surface area contributed by atoms with E-state index in [4.69, 9.17) is 11.6 Å². The van der Waals surface area contributed by atoms with Crippen molar-refractivity contribution in [3.05, 3.63) is 38.6 Å². The van der Waals surface area contributed by atoms with Gasteiger partial charge in [0.2, 0.25) is 0 Å². The highest BCUT2D eigenvalue weighted by Gasteiger charge is 2.09. The zero-order valence-corrected chi connectivity index (χ0v) is 12.4. The van der Waals surface area contributed by atoms with Crippen LogP contribution in [0.1, 0.15) is 5.69 Å². The molecular weight excluding hydrogens is 349 g/mol. The van der Waals surface area contributed by atoms with E-state index in [0.29, 0.717) is 10.8 Å². The van der Waals surface area contributed by atoms with Crippen LogP contribution in [-0.2, 0) is 0 Å². The van der Waals surface area contributed by atoms with Gasteiger partial charge in [-0.2, -0.15) is 0 Å². The van der Waals surface area contributed by atoms with Crippen molar-refractivity contribution < 1.29 is 0 Å². The zero-order valence-electron chi connectivity index (χ0n) is 9.46. The van der Waals surface area contributed by atoms with Crippen molar-refractivity contribution >= 4 is 40.0 Å². The summed E-state index contributed by atoms with van der Waals surface area (Å²) in [7, 11) is 1.85. The fraction of sp³-hybridized carbons (Fsp3) is 0.167. The second-order valence-corrected chi connectivity index (χ2v) is 5.07. The lowest BCUT2D eigenvalue weighted by atomic mass is 10.2. The van der Waals surface area contributed by atoms with Gasteiger partial charge < -0.3 is 5.32 Å². The summed E-state index contributed by atoms with van der Waals surface area (Å²) >= 11 is 8.20. The van der Waals surface area contributed by atoms with Gasteiger partial charge in [0.1, 0.15) is 5.82 Å². The molecule has 3 nitrogen and oxygen atoms in total. The largest absolute Gasteiger partial charge is 0.372 e. The van der Waals surface area contributed by atoms with Gasteiger partial charge >= 0.3 is 0 Å². The van der Waals surface area contributed by atoms with Crippen LogP contribution in [-0.4, -0.2) is 17.0 Å². The number of anilines is 1. The molecule has 1 N–H and O–H groups in total. The van der Waals surface area contributed by atoms with E-state index in [2.05, 4.69) is 37.9 Å². The summed E-state index contributed by atoms with van der Waals surface area (Å²) in [5.41, 5.74) is 1.88. The van der Waals surface area contributed by atoms with Gasteiger partial charge in [-0.25, -0.2) is 9.97 Å². The molecule has 0 amide bonds.